The number of pyridine rings is 2. The lowest BCUT2D eigenvalue weighted by Crippen LogP contribution is -2.47. The molecule has 1 amide bonds. The molecular formula is C22H29N5O. The Balaban J connectivity index is 1.20. The van der Waals surface area contributed by atoms with Gasteiger partial charge in [0.2, 0.25) is 0 Å². The molecule has 3 unspecified atom stereocenters. The zero-order chi connectivity index (χ0) is 18.9. The molecular weight excluding hydrogens is 350 g/mol. The Kier molecular flexibility index (Phi) is 4.99. The minimum absolute atomic E-state index is 0.0960. The number of hydrogen-bond acceptors (Lipinski definition) is 5. The van der Waals surface area contributed by atoms with Crippen molar-refractivity contribution in [2.24, 2.45) is 17.8 Å². The number of rotatable bonds is 5. The van der Waals surface area contributed by atoms with Crippen LogP contribution in [-0.4, -0.2) is 59.5 Å². The van der Waals surface area contributed by atoms with Crippen molar-refractivity contribution in [2.75, 3.05) is 32.7 Å². The van der Waals surface area contributed by atoms with Crippen LogP contribution >= 0.6 is 0 Å². The molecule has 2 saturated heterocycles. The lowest BCUT2D eigenvalue weighted by molar-refractivity contribution is 0.0925. The number of piperidine rings is 1. The van der Waals surface area contributed by atoms with Crippen LogP contribution in [0.1, 0.15) is 36.2 Å². The number of fused-ring (bicyclic) bond motifs is 3. The van der Waals surface area contributed by atoms with E-state index in [2.05, 4.69) is 25.5 Å². The van der Waals surface area contributed by atoms with Gasteiger partial charge in [-0.3, -0.25) is 9.69 Å². The molecule has 1 saturated carbocycles. The van der Waals surface area contributed by atoms with Crippen molar-refractivity contribution in [3.63, 3.8) is 0 Å². The average molecular weight is 380 g/mol. The fourth-order valence-electron chi connectivity index (χ4n) is 5.52. The summed E-state index contributed by atoms with van der Waals surface area (Å²) in [6, 6.07) is 8.00. The zero-order valence-electron chi connectivity index (χ0n) is 16.3. The highest BCUT2D eigenvalue weighted by molar-refractivity contribution is 5.94. The van der Waals surface area contributed by atoms with Crippen LogP contribution < -0.4 is 10.6 Å². The van der Waals surface area contributed by atoms with Crippen molar-refractivity contribution in [2.45, 2.75) is 31.7 Å². The molecule has 3 atom stereocenters. The van der Waals surface area contributed by atoms with Crippen LogP contribution in [0.15, 0.2) is 30.5 Å². The lowest BCUT2D eigenvalue weighted by atomic mass is 9.85. The molecule has 1 aliphatic carbocycles. The van der Waals surface area contributed by atoms with E-state index in [0.717, 1.165) is 23.1 Å². The van der Waals surface area contributed by atoms with E-state index in [-0.39, 0.29) is 5.91 Å². The molecule has 2 bridgehead atoms. The molecule has 2 aromatic rings. The monoisotopic (exact) mass is 379 g/mol. The summed E-state index contributed by atoms with van der Waals surface area (Å²) in [6.45, 7) is 5.47. The number of amides is 1. The van der Waals surface area contributed by atoms with Crippen LogP contribution in [-0.2, 0) is 0 Å². The van der Waals surface area contributed by atoms with Crippen molar-refractivity contribution in [1.29, 1.82) is 0 Å². The van der Waals surface area contributed by atoms with E-state index in [9.17, 15) is 4.79 Å². The largest absolute Gasteiger partial charge is 0.349 e. The molecule has 6 nitrogen and oxygen atoms in total. The molecule has 28 heavy (non-hydrogen) atoms. The molecule has 2 N–H and O–H groups in total. The summed E-state index contributed by atoms with van der Waals surface area (Å²) in [4.78, 5) is 23.9. The molecule has 0 radical (unpaired) electrons. The van der Waals surface area contributed by atoms with Gasteiger partial charge in [0.25, 0.3) is 5.91 Å². The third-order valence-electron chi connectivity index (χ3n) is 7.07. The van der Waals surface area contributed by atoms with E-state index in [1.165, 1.54) is 51.9 Å². The first-order valence-electron chi connectivity index (χ1n) is 10.7. The summed E-state index contributed by atoms with van der Waals surface area (Å²) in [7, 11) is 0. The molecule has 4 heterocycles. The van der Waals surface area contributed by atoms with Gasteiger partial charge in [0.15, 0.2) is 5.65 Å². The van der Waals surface area contributed by atoms with Crippen molar-refractivity contribution >= 4 is 16.9 Å². The topological polar surface area (TPSA) is 70.2 Å². The van der Waals surface area contributed by atoms with Crippen molar-refractivity contribution in [1.82, 2.24) is 25.5 Å². The summed E-state index contributed by atoms with van der Waals surface area (Å²) in [5.74, 6) is 2.44. The fraction of sp³-hybridized carbons (Fsp3) is 0.591. The summed E-state index contributed by atoms with van der Waals surface area (Å²) in [6.07, 6.45) is 6.89. The number of carbonyl (C=O) groups is 1. The number of nitrogens with zero attached hydrogens (tertiary/aromatic N) is 3. The maximum Gasteiger partial charge on any atom is 0.270 e. The lowest BCUT2D eigenvalue weighted by Gasteiger charge is -2.36. The maximum absolute atomic E-state index is 12.6. The van der Waals surface area contributed by atoms with Gasteiger partial charge in [-0.2, -0.15) is 0 Å². The smallest absolute Gasteiger partial charge is 0.270 e. The molecule has 5 rings (SSSR count). The van der Waals surface area contributed by atoms with Gasteiger partial charge in [-0.25, -0.2) is 9.97 Å². The third-order valence-corrected chi connectivity index (χ3v) is 7.07. The number of hydrogen-bond donors (Lipinski definition) is 2. The molecule has 2 aliphatic heterocycles. The highest BCUT2D eigenvalue weighted by Crippen LogP contribution is 2.40. The minimum atomic E-state index is -0.0960. The summed E-state index contributed by atoms with van der Waals surface area (Å²) in [5.41, 5.74) is 1.08. The van der Waals surface area contributed by atoms with Gasteiger partial charge in [0.1, 0.15) is 5.69 Å². The van der Waals surface area contributed by atoms with Gasteiger partial charge in [-0.15, -0.1) is 0 Å². The number of likely N-dealkylation sites (tertiary alicyclic amines) is 1. The predicted octanol–water partition coefficient (Wildman–Crippen LogP) is 2.07. The van der Waals surface area contributed by atoms with E-state index in [4.69, 9.17) is 0 Å². The highest BCUT2D eigenvalue weighted by atomic mass is 16.1. The second-order valence-corrected chi connectivity index (χ2v) is 8.67. The van der Waals surface area contributed by atoms with Gasteiger partial charge in [-0.05, 0) is 87.3 Å². The SMILES string of the molecule is O=C(NCC1CCCN1CC1C2CCC1CNC2)c1ccc2cccnc2n1. The number of aromatic nitrogens is 2. The van der Waals surface area contributed by atoms with Crippen LogP contribution in [0.25, 0.3) is 11.0 Å². The average Bonchev–Trinajstić information content (AvgIpc) is 3.25. The van der Waals surface area contributed by atoms with E-state index in [0.29, 0.717) is 23.9 Å². The van der Waals surface area contributed by atoms with E-state index < -0.39 is 0 Å². The normalized spacial score (nSPS) is 30.0. The second kappa shape index (κ2) is 7.76. The minimum Gasteiger partial charge on any atom is -0.349 e. The van der Waals surface area contributed by atoms with Gasteiger partial charge < -0.3 is 10.6 Å². The van der Waals surface area contributed by atoms with E-state index in [1.54, 1.807) is 12.3 Å². The predicted molar refractivity (Wildman–Crippen MR) is 109 cm³/mol. The Bertz CT molecular complexity index is 840. The fourth-order valence-corrected chi connectivity index (χ4v) is 5.52. The van der Waals surface area contributed by atoms with Gasteiger partial charge in [0, 0.05) is 30.7 Å². The zero-order valence-corrected chi connectivity index (χ0v) is 16.3. The van der Waals surface area contributed by atoms with Crippen LogP contribution in [0.4, 0.5) is 0 Å². The van der Waals surface area contributed by atoms with Crippen molar-refractivity contribution < 1.29 is 4.79 Å². The summed E-state index contributed by atoms with van der Waals surface area (Å²) in [5, 5.41) is 7.68. The van der Waals surface area contributed by atoms with Gasteiger partial charge in [-0.1, -0.05) is 0 Å². The molecule has 3 fully saturated rings. The Morgan fingerprint density at radius 1 is 1.18 bits per heavy atom. The van der Waals surface area contributed by atoms with E-state index in [1.807, 2.05) is 18.2 Å². The molecule has 2 aromatic heterocycles. The van der Waals surface area contributed by atoms with Crippen LogP contribution in [0.3, 0.4) is 0 Å². The maximum atomic E-state index is 12.6. The van der Waals surface area contributed by atoms with Crippen molar-refractivity contribution in [3.05, 3.63) is 36.2 Å². The van der Waals surface area contributed by atoms with Gasteiger partial charge in [0.05, 0.1) is 0 Å². The highest BCUT2D eigenvalue weighted by Gasteiger charge is 2.41. The molecule has 6 heteroatoms. The first kappa shape index (κ1) is 18.0. The first-order chi connectivity index (χ1) is 13.8. The Morgan fingerprint density at radius 3 is 2.89 bits per heavy atom. The standard InChI is InChI=1S/C22H29N5O/c28-22(20-8-7-15-3-1-9-24-21(15)26-20)25-13-18-4-2-10-27(18)14-19-16-5-6-17(19)12-23-11-16/h1,3,7-9,16-19,23H,2,4-6,10-14H2,(H,25,28). The summed E-state index contributed by atoms with van der Waals surface area (Å²) >= 11 is 0. The van der Waals surface area contributed by atoms with Crippen molar-refractivity contribution in [3.8, 4) is 0 Å². The molecule has 0 spiro atoms. The molecule has 3 aliphatic rings. The third kappa shape index (κ3) is 3.51. The molecule has 0 aromatic carbocycles. The number of nitrogens with one attached hydrogen (secondary N) is 2. The quantitative estimate of drug-likeness (QED) is 0.832. The second-order valence-electron chi connectivity index (χ2n) is 8.67. The van der Waals surface area contributed by atoms with Crippen LogP contribution in [0, 0.1) is 17.8 Å². The Morgan fingerprint density at radius 2 is 2.04 bits per heavy atom. The Hall–Kier alpha value is -2.05. The van der Waals surface area contributed by atoms with Crippen LogP contribution in [0.2, 0.25) is 0 Å². The Labute approximate surface area is 166 Å². The summed E-state index contributed by atoms with van der Waals surface area (Å²) < 4.78 is 0. The van der Waals surface area contributed by atoms with Gasteiger partial charge >= 0.3 is 0 Å². The molecule has 148 valence electrons. The first-order valence-corrected chi connectivity index (χ1v) is 10.7. The number of carbonyl (C=O) groups excluding carboxylic acids is 1. The van der Waals surface area contributed by atoms with Crippen LogP contribution in [0.5, 0.6) is 0 Å². The van der Waals surface area contributed by atoms with E-state index >= 15 is 0 Å².